The highest BCUT2D eigenvalue weighted by Gasteiger charge is 2.16. The monoisotopic (exact) mass is 415 g/mol. The molecule has 3 aromatic rings. The molecule has 0 fully saturated rings. The van der Waals surface area contributed by atoms with E-state index in [0.29, 0.717) is 17.0 Å². The summed E-state index contributed by atoms with van der Waals surface area (Å²) in [6.07, 6.45) is 1.46. The van der Waals surface area contributed by atoms with Gasteiger partial charge in [0.1, 0.15) is 11.6 Å². The van der Waals surface area contributed by atoms with Gasteiger partial charge in [0.15, 0.2) is 0 Å². The Morgan fingerprint density at radius 3 is 2.36 bits per heavy atom. The molecule has 2 N–H and O–H groups in total. The Labute approximate surface area is 171 Å². The number of rotatable bonds is 5. The summed E-state index contributed by atoms with van der Waals surface area (Å²) in [4.78, 5) is 29.1. The molecule has 0 radical (unpaired) electrons. The first kappa shape index (κ1) is 19.7. The van der Waals surface area contributed by atoms with Crippen LogP contribution < -0.4 is 15.4 Å². The standard InChI is InChI=1S/C20H15Cl2N3O3/c1-28-16-8-3-2-5-13(16)19(26)25-17-11-12(9-10-23-17)24-20(27)18-14(21)6-4-7-15(18)22/h2-11H,1H3,(H2,23,24,25,26,27). The third-order valence-electron chi connectivity index (χ3n) is 3.80. The van der Waals surface area contributed by atoms with Crippen LogP contribution in [-0.4, -0.2) is 23.9 Å². The third-order valence-corrected chi connectivity index (χ3v) is 4.43. The first-order chi connectivity index (χ1) is 13.5. The van der Waals surface area contributed by atoms with Crippen LogP contribution in [0.2, 0.25) is 10.0 Å². The van der Waals surface area contributed by atoms with Crippen molar-refractivity contribution in [3.8, 4) is 5.75 Å². The smallest absolute Gasteiger partial charge is 0.260 e. The van der Waals surface area contributed by atoms with Crippen molar-refractivity contribution in [1.82, 2.24) is 4.98 Å². The molecule has 0 unspecified atom stereocenters. The molecule has 0 bridgehead atoms. The molecule has 8 heteroatoms. The minimum Gasteiger partial charge on any atom is -0.496 e. The molecule has 0 atom stereocenters. The average molecular weight is 416 g/mol. The van der Waals surface area contributed by atoms with E-state index in [1.807, 2.05) is 0 Å². The van der Waals surface area contributed by atoms with Crippen molar-refractivity contribution in [2.24, 2.45) is 0 Å². The van der Waals surface area contributed by atoms with E-state index in [2.05, 4.69) is 15.6 Å². The van der Waals surface area contributed by atoms with Gasteiger partial charge in [0.25, 0.3) is 11.8 Å². The van der Waals surface area contributed by atoms with Gasteiger partial charge in [0.2, 0.25) is 0 Å². The molecule has 0 aliphatic heterocycles. The zero-order valence-electron chi connectivity index (χ0n) is 14.7. The summed E-state index contributed by atoms with van der Waals surface area (Å²) < 4.78 is 5.19. The second-order valence-corrected chi connectivity index (χ2v) is 6.45. The largest absolute Gasteiger partial charge is 0.496 e. The van der Waals surface area contributed by atoms with E-state index in [4.69, 9.17) is 27.9 Å². The van der Waals surface area contributed by atoms with Crippen molar-refractivity contribution in [3.05, 3.63) is 82.0 Å². The minimum atomic E-state index is -0.469. The number of nitrogens with one attached hydrogen (secondary N) is 2. The normalized spacial score (nSPS) is 10.2. The molecule has 2 aromatic carbocycles. The van der Waals surface area contributed by atoms with Crippen molar-refractivity contribution in [2.75, 3.05) is 17.7 Å². The number of hydrogen-bond donors (Lipinski definition) is 2. The van der Waals surface area contributed by atoms with Crippen LogP contribution in [-0.2, 0) is 0 Å². The van der Waals surface area contributed by atoms with Gasteiger partial charge >= 0.3 is 0 Å². The van der Waals surface area contributed by atoms with E-state index in [1.54, 1.807) is 48.5 Å². The number of anilines is 2. The molecular formula is C20H15Cl2N3O3. The van der Waals surface area contributed by atoms with Gasteiger partial charge in [0.05, 0.1) is 28.3 Å². The van der Waals surface area contributed by atoms with Crippen LogP contribution in [0.3, 0.4) is 0 Å². The van der Waals surface area contributed by atoms with Gasteiger partial charge < -0.3 is 15.4 Å². The summed E-state index contributed by atoms with van der Waals surface area (Å²) >= 11 is 12.1. The van der Waals surface area contributed by atoms with Gasteiger partial charge in [-0.2, -0.15) is 0 Å². The highest BCUT2D eigenvalue weighted by atomic mass is 35.5. The summed E-state index contributed by atoms with van der Waals surface area (Å²) in [5, 5.41) is 5.85. The van der Waals surface area contributed by atoms with Gasteiger partial charge in [-0.25, -0.2) is 4.98 Å². The molecule has 0 saturated heterocycles. The van der Waals surface area contributed by atoms with E-state index >= 15 is 0 Å². The van der Waals surface area contributed by atoms with E-state index in [9.17, 15) is 9.59 Å². The Morgan fingerprint density at radius 2 is 1.64 bits per heavy atom. The van der Waals surface area contributed by atoms with Crippen LogP contribution in [0.25, 0.3) is 0 Å². The molecule has 2 amide bonds. The fourth-order valence-corrected chi connectivity index (χ4v) is 3.07. The maximum atomic E-state index is 12.5. The lowest BCUT2D eigenvalue weighted by molar-refractivity contribution is 0.101. The highest BCUT2D eigenvalue weighted by Crippen LogP contribution is 2.26. The fraction of sp³-hybridized carbons (Fsp3) is 0.0500. The molecule has 0 spiro atoms. The zero-order chi connectivity index (χ0) is 20.1. The van der Waals surface area contributed by atoms with Crippen molar-refractivity contribution in [2.45, 2.75) is 0 Å². The number of benzene rings is 2. The number of ether oxygens (including phenoxy) is 1. The Hall–Kier alpha value is -3.09. The van der Waals surface area contributed by atoms with Gasteiger partial charge in [-0.3, -0.25) is 9.59 Å². The number of carbonyl (C=O) groups excluding carboxylic acids is 2. The van der Waals surface area contributed by atoms with Crippen molar-refractivity contribution in [1.29, 1.82) is 0 Å². The van der Waals surface area contributed by atoms with Crippen LogP contribution in [0, 0.1) is 0 Å². The lowest BCUT2D eigenvalue weighted by Gasteiger charge is -2.11. The van der Waals surface area contributed by atoms with E-state index in [0.717, 1.165) is 0 Å². The van der Waals surface area contributed by atoms with E-state index < -0.39 is 5.91 Å². The van der Waals surface area contributed by atoms with Crippen LogP contribution in [0.5, 0.6) is 5.75 Å². The Bertz CT molecular complexity index is 1020. The quantitative estimate of drug-likeness (QED) is 0.620. The van der Waals surface area contributed by atoms with Crippen LogP contribution in [0.4, 0.5) is 11.5 Å². The van der Waals surface area contributed by atoms with Crippen LogP contribution in [0.15, 0.2) is 60.8 Å². The van der Waals surface area contributed by atoms with Gasteiger partial charge in [-0.15, -0.1) is 0 Å². The number of nitrogens with zero attached hydrogens (tertiary/aromatic N) is 1. The second-order valence-electron chi connectivity index (χ2n) is 5.63. The molecular weight excluding hydrogens is 401 g/mol. The lowest BCUT2D eigenvalue weighted by Crippen LogP contribution is -2.16. The van der Waals surface area contributed by atoms with Crippen LogP contribution in [0.1, 0.15) is 20.7 Å². The highest BCUT2D eigenvalue weighted by molar-refractivity contribution is 6.40. The number of aromatic nitrogens is 1. The third kappa shape index (κ3) is 4.42. The second kappa shape index (κ2) is 8.73. The summed E-state index contributed by atoms with van der Waals surface area (Å²) in [5.41, 5.74) is 0.956. The Kier molecular flexibility index (Phi) is 6.13. The summed E-state index contributed by atoms with van der Waals surface area (Å²) in [5.74, 6) is -0.150. The molecule has 6 nitrogen and oxygen atoms in total. The average Bonchev–Trinajstić information content (AvgIpc) is 2.68. The zero-order valence-corrected chi connectivity index (χ0v) is 16.2. The first-order valence-corrected chi connectivity index (χ1v) is 8.91. The molecule has 0 aliphatic rings. The first-order valence-electron chi connectivity index (χ1n) is 8.15. The number of amides is 2. The maximum Gasteiger partial charge on any atom is 0.260 e. The van der Waals surface area contributed by atoms with Crippen LogP contribution >= 0.6 is 23.2 Å². The van der Waals surface area contributed by atoms with E-state index in [-0.39, 0.29) is 27.3 Å². The van der Waals surface area contributed by atoms with Crippen molar-refractivity contribution >= 4 is 46.5 Å². The van der Waals surface area contributed by atoms with Gasteiger partial charge in [0, 0.05) is 18.0 Å². The molecule has 28 heavy (non-hydrogen) atoms. The lowest BCUT2D eigenvalue weighted by atomic mass is 10.2. The van der Waals surface area contributed by atoms with Crippen molar-refractivity contribution in [3.63, 3.8) is 0 Å². The molecule has 1 aromatic heterocycles. The number of hydrogen-bond acceptors (Lipinski definition) is 4. The predicted molar refractivity (Wildman–Crippen MR) is 110 cm³/mol. The minimum absolute atomic E-state index is 0.169. The molecule has 1 heterocycles. The van der Waals surface area contributed by atoms with Crippen molar-refractivity contribution < 1.29 is 14.3 Å². The van der Waals surface area contributed by atoms with Gasteiger partial charge in [-0.1, -0.05) is 41.4 Å². The summed E-state index contributed by atoms with van der Waals surface area (Å²) in [6, 6.07) is 14.7. The Morgan fingerprint density at radius 1 is 0.929 bits per heavy atom. The predicted octanol–water partition coefficient (Wildman–Crippen LogP) is 4.90. The fourth-order valence-electron chi connectivity index (χ4n) is 2.50. The number of halogens is 2. The maximum absolute atomic E-state index is 12.5. The number of methoxy groups -OCH3 is 1. The SMILES string of the molecule is COc1ccccc1C(=O)Nc1cc(NC(=O)c2c(Cl)cccc2Cl)ccn1. The molecule has 3 rings (SSSR count). The molecule has 0 aliphatic carbocycles. The topological polar surface area (TPSA) is 80.3 Å². The summed E-state index contributed by atoms with van der Waals surface area (Å²) in [7, 11) is 1.49. The molecule has 0 saturated carbocycles. The number of carbonyl (C=O) groups is 2. The van der Waals surface area contributed by atoms with E-state index in [1.165, 1.54) is 19.4 Å². The molecule has 142 valence electrons. The Balaban J connectivity index is 1.77. The summed E-state index contributed by atoms with van der Waals surface area (Å²) in [6.45, 7) is 0. The number of pyridine rings is 1. The van der Waals surface area contributed by atoms with Gasteiger partial charge in [-0.05, 0) is 30.3 Å². The number of para-hydroxylation sites is 1.